The molecule has 0 saturated heterocycles. The maximum Gasteiger partial charge on any atom is 0.416 e. The van der Waals surface area contributed by atoms with E-state index in [1.165, 1.54) is 24.3 Å². The molecular formula is C19H12F3NO3S2. The van der Waals surface area contributed by atoms with Gasteiger partial charge in [-0.2, -0.15) is 13.2 Å². The zero-order valence-corrected chi connectivity index (χ0v) is 15.7. The number of benzene rings is 2. The van der Waals surface area contributed by atoms with E-state index in [9.17, 15) is 26.4 Å². The Morgan fingerprint density at radius 1 is 1.04 bits per heavy atom. The van der Waals surface area contributed by atoms with E-state index in [1.54, 1.807) is 18.2 Å². The molecule has 1 aliphatic rings. The summed E-state index contributed by atoms with van der Waals surface area (Å²) in [6.07, 6.45) is -4.51. The summed E-state index contributed by atoms with van der Waals surface area (Å²) in [5.41, 5.74) is 0.194. The number of halogens is 3. The Morgan fingerprint density at radius 2 is 1.79 bits per heavy atom. The van der Waals surface area contributed by atoms with Gasteiger partial charge in [0.15, 0.2) is 9.84 Å². The van der Waals surface area contributed by atoms with Gasteiger partial charge in [0.25, 0.3) is 5.91 Å². The van der Waals surface area contributed by atoms with Gasteiger partial charge in [0.1, 0.15) is 0 Å². The number of rotatable bonds is 2. The molecule has 0 atom stereocenters. The molecule has 1 aliphatic heterocycles. The standard InChI is InChI=1S/C19H12F3NO3S2/c20-19(21,22)12-4-3-5-13(9-12)23-18(24)15-8-11-10-28(25,26)16-7-2-1-6-14(16)17(11)27-15/h1-9H,10H2,(H,23,24). The largest absolute Gasteiger partial charge is 0.416 e. The number of anilines is 1. The third-order valence-corrected chi connectivity index (χ3v) is 7.22. The molecule has 0 radical (unpaired) electrons. The minimum atomic E-state index is -4.51. The van der Waals surface area contributed by atoms with Crippen molar-refractivity contribution in [3.8, 4) is 10.4 Å². The van der Waals surface area contributed by atoms with Crippen LogP contribution in [0.4, 0.5) is 18.9 Å². The summed E-state index contributed by atoms with van der Waals surface area (Å²) >= 11 is 1.12. The minimum absolute atomic E-state index is 0.0132. The second-order valence-corrected chi connectivity index (χ2v) is 9.26. The number of carbonyl (C=O) groups excluding carboxylic acids is 1. The molecular weight excluding hydrogens is 411 g/mol. The number of sulfone groups is 1. The minimum Gasteiger partial charge on any atom is -0.321 e. The smallest absolute Gasteiger partial charge is 0.321 e. The number of nitrogens with one attached hydrogen (secondary N) is 1. The Morgan fingerprint density at radius 3 is 2.54 bits per heavy atom. The first-order valence-electron chi connectivity index (χ1n) is 8.09. The zero-order chi connectivity index (χ0) is 20.1. The molecule has 0 fully saturated rings. The fourth-order valence-electron chi connectivity index (χ4n) is 3.05. The lowest BCUT2D eigenvalue weighted by Crippen LogP contribution is -2.12. The van der Waals surface area contributed by atoms with Crippen molar-refractivity contribution in [2.24, 2.45) is 0 Å². The summed E-state index contributed by atoms with van der Waals surface area (Å²) in [7, 11) is -3.50. The molecule has 2 heterocycles. The van der Waals surface area contributed by atoms with Gasteiger partial charge in [0.05, 0.1) is 21.1 Å². The maximum absolute atomic E-state index is 12.8. The molecule has 4 rings (SSSR count). The molecule has 0 spiro atoms. The summed E-state index contributed by atoms with van der Waals surface area (Å²) in [5.74, 6) is -0.805. The van der Waals surface area contributed by atoms with Gasteiger partial charge in [0, 0.05) is 16.1 Å². The Hall–Kier alpha value is -2.65. The monoisotopic (exact) mass is 423 g/mol. The van der Waals surface area contributed by atoms with Crippen LogP contribution in [0, 0.1) is 0 Å². The van der Waals surface area contributed by atoms with Crippen LogP contribution in [0.15, 0.2) is 59.5 Å². The molecule has 4 nitrogen and oxygen atoms in total. The quantitative estimate of drug-likeness (QED) is 0.633. The van der Waals surface area contributed by atoms with E-state index in [1.807, 2.05) is 0 Å². The highest BCUT2D eigenvalue weighted by Crippen LogP contribution is 2.42. The van der Waals surface area contributed by atoms with Gasteiger partial charge < -0.3 is 5.32 Å². The number of amides is 1. The average Bonchev–Trinajstić information content (AvgIpc) is 3.05. The number of hydrogen-bond donors (Lipinski definition) is 1. The summed E-state index contributed by atoms with van der Waals surface area (Å²) < 4.78 is 63.4. The number of alkyl halides is 3. The molecule has 1 aromatic heterocycles. The van der Waals surface area contributed by atoms with Gasteiger partial charge >= 0.3 is 6.18 Å². The second-order valence-electron chi connectivity index (χ2n) is 6.25. The molecule has 28 heavy (non-hydrogen) atoms. The summed E-state index contributed by atoms with van der Waals surface area (Å²) in [5, 5.41) is 2.45. The van der Waals surface area contributed by atoms with Crippen molar-refractivity contribution in [2.75, 3.05) is 5.32 Å². The van der Waals surface area contributed by atoms with E-state index in [-0.39, 0.29) is 21.2 Å². The van der Waals surface area contributed by atoms with Gasteiger partial charge in [-0.05, 0) is 35.9 Å². The van der Waals surface area contributed by atoms with E-state index < -0.39 is 27.5 Å². The fraction of sp³-hybridized carbons (Fsp3) is 0.105. The Kier molecular flexibility index (Phi) is 4.31. The number of fused-ring (bicyclic) bond motifs is 3. The van der Waals surface area contributed by atoms with Crippen molar-refractivity contribution < 1.29 is 26.4 Å². The van der Waals surface area contributed by atoms with Gasteiger partial charge in [-0.25, -0.2) is 8.42 Å². The molecule has 9 heteroatoms. The van der Waals surface area contributed by atoms with Gasteiger partial charge in [-0.3, -0.25) is 4.79 Å². The van der Waals surface area contributed by atoms with Crippen molar-refractivity contribution in [3.63, 3.8) is 0 Å². The molecule has 0 saturated carbocycles. The van der Waals surface area contributed by atoms with E-state index in [2.05, 4.69) is 5.32 Å². The van der Waals surface area contributed by atoms with Crippen LogP contribution in [-0.4, -0.2) is 14.3 Å². The number of thiophene rings is 1. The van der Waals surface area contributed by atoms with Crippen LogP contribution in [0.5, 0.6) is 0 Å². The second kappa shape index (κ2) is 6.46. The normalized spacial score (nSPS) is 14.8. The lowest BCUT2D eigenvalue weighted by molar-refractivity contribution is -0.137. The fourth-order valence-corrected chi connectivity index (χ4v) is 5.90. The summed E-state index contributed by atoms with van der Waals surface area (Å²) in [6, 6.07) is 12.4. The summed E-state index contributed by atoms with van der Waals surface area (Å²) in [6.45, 7) is 0. The Labute approximate surface area is 162 Å². The summed E-state index contributed by atoms with van der Waals surface area (Å²) in [4.78, 5) is 13.7. The molecule has 1 amide bonds. The molecule has 1 N–H and O–H groups in total. The topological polar surface area (TPSA) is 63.2 Å². The van der Waals surface area contributed by atoms with Crippen LogP contribution < -0.4 is 5.32 Å². The van der Waals surface area contributed by atoms with Crippen molar-refractivity contribution in [3.05, 3.63) is 70.6 Å². The highest BCUT2D eigenvalue weighted by atomic mass is 32.2. The molecule has 0 aliphatic carbocycles. The SMILES string of the molecule is O=C(Nc1cccc(C(F)(F)F)c1)c1cc2c(s1)-c1ccccc1S(=O)(=O)C2. The third-order valence-electron chi connectivity index (χ3n) is 4.29. The van der Waals surface area contributed by atoms with E-state index in [4.69, 9.17) is 0 Å². The van der Waals surface area contributed by atoms with Crippen LogP contribution in [0.1, 0.15) is 20.8 Å². The van der Waals surface area contributed by atoms with Crippen LogP contribution in [0.25, 0.3) is 10.4 Å². The van der Waals surface area contributed by atoms with Crippen LogP contribution in [0.3, 0.4) is 0 Å². The maximum atomic E-state index is 12.8. The number of hydrogen-bond acceptors (Lipinski definition) is 4. The first-order chi connectivity index (χ1) is 13.1. The number of carbonyl (C=O) groups is 1. The van der Waals surface area contributed by atoms with Gasteiger partial charge in [0.2, 0.25) is 0 Å². The van der Waals surface area contributed by atoms with Crippen LogP contribution >= 0.6 is 11.3 Å². The predicted molar refractivity (Wildman–Crippen MR) is 100 cm³/mol. The van der Waals surface area contributed by atoms with Crippen molar-refractivity contribution >= 4 is 32.8 Å². The van der Waals surface area contributed by atoms with Crippen molar-refractivity contribution in [2.45, 2.75) is 16.8 Å². The third kappa shape index (κ3) is 3.31. The lowest BCUT2D eigenvalue weighted by Gasteiger charge is -2.15. The predicted octanol–water partition coefficient (Wildman–Crippen LogP) is 4.97. The average molecular weight is 423 g/mol. The Bertz CT molecular complexity index is 1200. The molecule has 2 aromatic carbocycles. The zero-order valence-electron chi connectivity index (χ0n) is 14.1. The van der Waals surface area contributed by atoms with E-state index in [0.29, 0.717) is 16.0 Å². The molecule has 0 unspecified atom stereocenters. The van der Waals surface area contributed by atoms with Gasteiger partial charge in [-0.1, -0.05) is 24.3 Å². The molecule has 3 aromatic rings. The molecule has 0 bridgehead atoms. The van der Waals surface area contributed by atoms with Crippen LogP contribution in [-0.2, 0) is 21.8 Å². The Balaban J connectivity index is 1.67. The van der Waals surface area contributed by atoms with Crippen LogP contribution in [0.2, 0.25) is 0 Å². The first kappa shape index (κ1) is 18.7. The van der Waals surface area contributed by atoms with Crippen molar-refractivity contribution in [1.82, 2.24) is 0 Å². The van der Waals surface area contributed by atoms with Crippen molar-refractivity contribution in [1.29, 1.82) is 0 Å². The van der Waals surface area contributed by atoms with Gasteiger partial charge in [-0.15, -0.1) is 11.3 Å². The first-order valence-corrected chi connectivity index (χ1v) is 10.6. The van der Waals surface area contributed by atoms with E-state index in [0.717, 1.165) is 23.5 Å². The highest BCUT2D eigenvalue weighted by Gasteiger charge is 2.32. The van der Waals surface area contributed by atoms with E-state index >= 15 is 0 Å². The highest BCUT2D eigenvalue weighted by molar-refractivity contribution is 7.91. The molecule has 144 valence electrons. The lowest BCUT2D eigenvalue weighted by atomic mass is 10.1.